The normalized spacial score (nSPS) is 11.3. The van der Waals surface area contributed by atoms with E-state index in [1.807, 2.05) is 0 Å². The third kappa shape index (κ3) is 3.19. The molecule has 1 aromatic carbocycles. The smallest absolute Gasteiger partial charge is 0.416 e. The van der Waals surface area contributed by atoms with Crippen LogP contribution >= 0.6 is 0 Å². The number of benzene rings is 1. The Morgan fingerprint density at radius 1 is 1.11 bits per heavy atom. The van der Waals surface area contributed by atoms with Crippen LogP contribution < -0.4 is 4.74 Å². The van der Waals surface area contributed by atoms with E-state index in [1.165, 1.54) is 12.3 Å². The van der Waals surface area contributed by atoms with Crippen LogP contribution in [0.1, 0.15) is 11.1 Å². The molecular weight excluding hydrogens is 245 g/mol. The minimum absolute atomic E-state index is 0.0165. The summed E-state index contributed by atoms with van der Waals surface area (Å²) in [5.41, 5.74) is -0.266. The molecule has 0 saturated carbocycles. The fraction of sp³-hybridized carbons (Fsp3) is 0.167. The summed E-state index contributed by atoms with van der Waals surface area (Å²) in [7, 11) is 0. The highest BCUT2D eigenvalue weighted by atomic mass is 19.4. The monoisotopic (exact) mass is 254 g/mol. The zero-order chi connectivity index (χ0) is 13.0. The lowest BCUT2D eigenvalue weighted by Gasteiger charge is -2.09. The molecule has 1 heterocycles. The number of hydrogen-bond donors (Lipinski definition) is 0. The quantitative estimate of drug-likeness (QED) is 0.844. The molecule has 0 atom stereocenters. The molecule has 6 heteroatoms. The standard InChI is InChI=1S/C12H9F3N2O/c13-12(14,15)10-4-1-3-9(7-10)8-18-11-5-2-6-16-17-11/h1-7H,8H2. The Kier molecular flexibility index (Phi) is 3.45. The van der Waals surface area contributed by atoms with E-state index in [2.05, 4.69) is 10.2 Å². The molecule has 0 aliphatic heterocycles. The highest BCUT2D eigenvalue weighted by molar-refractivity contribution is 5.25. The molecule has 18 heavy (non-hydrogen) atoms. The summed E-state index contributed by atoms with van der Waals surface area (Å²) in [5.74, 6) is 0.273. The van der Waals surface area contributed by atoms with Crippen LogP contribution in [0.2, 0.25) is 0 Å². The van der Waals surface area contributed by atoms with Gasteiger partial charge in [0.15, 0.2) is 0 Å². The largest absolute Gasteiger partial charge is 0.472 e. The van der Waals surface area contributed by atoms with Crippen molar-refractivity contribution in [3.05, 3.63) is 53.7 Å². The SMILES string of the molecule is FC(F)(F)c1cccc(COc2cccnn2)c1. The second kappa shape index (κ2) is 5.03. The molecule has 2 aromatic rings. The molecule has 0 spiro atoms. The lowest BCUT2D eigenvalue weighted by atomic mass is 10.1. The summed E-state index contributed by atoms with van der Waals surface area (Å²) < 4.78 is 42.6. The van der Waals surface area contributed by atoms with Gasteiger partial charge in [0.25, 0.3) is 0 Å². The van der Waals surface area contributed by atoms with E-state index in [-0.39, 0.29) is 12.5 Å². The number of nitrogens with zero attached hydrogens (tertiary/aromatic N) is 2. The van der Waals surface area contributed by atoms with Crippen molar-refractivity contribution in [2.45, 2.75) is 12.8 Å². The van der Waals surface area contributed by atoms with Gasteiger partial charge in [-0.1, -0.05) is 12.1 Å². The Balaban J connectivity index is 2.06. The Bertz CT molecular complexity index is 514. The second-order valence-corrected chi connectivity index (χ2v) is 3.55. The average Bonchev–Trinajstić information content (AvgIpc) is 2.37. The molecule has 0 aliphatic carbocycles. The van der Waals surface area contributed by atoms with Gasteiger partial charge in [0.05, 0.1) is 5.56 Å². The zero-order valence-electron chi connectivity index (χ0n) is 9.19. The van der Waals surface area contributed by atoms with Crippen molar-refractivity contribution in [3.8, 4) is 5.88 Å². The van der Waals surface area contributed by atoms with Crippen molar-refractivity contribution in [2.75, 3.05) is 0 Å². The molecule has 2 rings (SSSR count). The fourth-order valence-electron chi connectivity index (χ4n) is 1.36. The van der Waals surface area contributed by atoms with Gasteiger partial charge in [-0.25, -0.2) is 0 Å². The van der Waals surface area contributed by atoms with E-state index in [0.29, 0.717) is 5.56 Å². The first-order chi connectivity index (χ1) is 8.55. The van der Waals surface area contributed by atoms with Crippen LogP contribution in [0.5, 0.6) is 5.88 Å². The number of aromatic nitrogens is 2. The third-order valence-electron chi connectivity index (χ3n) is 2.19. The maximum Gasteiger partial charge on any atom is 0.416 e. The maximum absolute atomic E-state index is 12.5. The van der Waals surface area contributed by atoms with Crippen LogP contribution in [-0.4, -0.2) is 10.2 Å². The van der Waals surface area contributed by atoms with E-state index >= 15 is 0 Å². The van der Waals surface area contributed by atoms with E-state index in [0.717, 1.165) is 12.1 Å². The summed E-state index contributed by atoms with van der Waals surface area (Å²) in [6, 6.07) is 8.20. The zero-order valence-corrected chi connectivity index (χ0v) is 9.19. The number of ether oxygens (including phenoxy) is 1. The highest BCUT2D eigenvalue weighted by Crippen LogP contribution is 2.29. The molecule has 0 fully saturated rings. The average molecular weight is 254 g/mol. The molecule has 0 aliphatic rings. The van der Waals surface area contributed by atoms with Gasteiger partial charge in [0.1, 0.15) is 6.61 Å². The van der Waals surface area contributed by atoms with Crippen LogP contribution in [0.25, 0.3) is 0 Å². The molecule has 0 saturated heterocycles. The topological polar surface area (TPSA) is 35.0 Å². The lowest BCUT2D eigenvalue weighted by molar-refractivity contribution is -0.137. The Morgan fingerprint density at radius 3 is 2.61 bits per heavy atom. The second-order valence-electron chi connectivity index (χ2n) is 3.55. The van der Waals surface area contributed by atoms with Crippen LogP contribution in [0.3, 0.4) is 0 Å². The summed E-state index contributed by atoms with van der Waals surface area (Å²) in [4.78, 5) is 0. The summed E-state index contributed by atoms with van der Waals surface area (Å²) in [6.07, 6.45) is -2.86. The van der Waals surface area contributed by atoms with E-state index in [1.54, 1.807) is 18.2 Å². The van der Waals surface area contributed by atoms with Gasteiger partial charge < -0.3 is 4.74 Å². The maximum atomic E-state index is 12.5. The fourth-order valence-corrected chi connectivity index (χ4v) is 1.36. The van der Waals surface area contributed by atoms with Gasteiger partial charge in [-0.05, 0) is 23.8 Å². The van der Waals surface area contributed by atoms with Crippen LogP contribution in [-0.2, 0) is 12.8 Å². The Hall–Kier alpha value is -2.11. The predicted molar refractivity (Wildman–Crippen MR) is 57.8 cm³/mol. The van der Waals surface area contributed by atoms with Crippen molar-refractivity contribution in [3.63, 3.8) is 0 Å². The first kappa shape index (κ1) is 12.3. The third-order valence-corrected chi connectivity index (χ3v) is 2.19. The first-order valence-corrected chi connectivity index (χ1v) is 5.12. The first-order valence-electron chi connectivity index (χ1n) is 5.12. The minimum Gasteiger partial charge on any atom is -0.472 e. The van der Waals surface area contributed by atoms with Crippen molar-refractivity contribution >= 4 is 0 Å². The van der Waals surface area contributed by atoms with Crippen molar-refractivity contribution in [1.82, 2.24) is 10.2 Å². The number of alkyl halides is 3. The molecular formula is C12H9F3N2O. The molecule has 3 nitrogen and oxygen atoms in total. The summed E-state index contributed by atoms with van der Waals surface area (Å²) in [5, 5.41) is 7.27. The lowest BCUT2D eigenvalue weighted by Crippen LogP contribution is -2.06. The Labute approximate surface area is 101 Å². The molecule has 0 radical (unpaired) electrons. The van der Waals surface area contributed by atoms with Gasteiger partial charge >= 0.3 is 6.18 Å². The molecule has 1 aromatic heterocycles. The highest BCUT2D eigenvalue weighted by Gasteiger charge is 2.30. The Morgan fingerprint density at radius 2 is 1.94 bits per heavy atom. The van der Waals surface area contributed by atoms with Crippen LogP contribution in [0, 0.1) is 0 Å². The van der Waals surface area contributed by atoms with Gasteiger partial charge in [0, 0.05) is 12.3 Å². The van der Waals surface area contributed by atoms with Crippen molar-refractivity contribution < 1.29 is 17.9 Å². The van der Waals surface area contributed by atoms with Gasteiger partial charge in [-0.2, -0.15) is 18.3 Å². The molecule has 0 bridgehead atoms. The number of halogens is 3. The predicted octanol–water partition coefficient (Wildman–Crippen LogP) is 3.07. The number of rotatable bonds is 3. The van der Waals surface area contributed by atoms with Gasteiger partial charge in [-0.3, -0.25) is 0 Å². The summed E-state index contributed by atoms with van der Waals surface area (Å²) >= 11 is 0. The van der Waals surface area contributed by atoms with Crippen LogP contribution in [0.4, 0.5) is 13.2 Å². The van der Waals surface area contributed by atoms with E-state index in [9.17, 15) is 13.2 Å². The van der Waals surface area contributed by atoms with Crippen LogP contribution in [0.15, 0.2) is 42.6 Å². The molecule has 0 N–H and O–H groups in total. The molecule has 94 valence electrons. The van der Waals surface area contributed by atoms with Gasteiger partial charge in [-0.15, -0.1) is 5.10 Å². The summed E-state index contributed by atoms with van der Waals surface area (Å²) in [6.45, 7) is 0.0165. The minimum atomic E-state index is -4.34. The van der Waals surface area contributed by atoms with E-state index < -0.39 is 11.7 Å². The van der Waals surface area contributed by atoms with Crippen molar-refractivity contribution in [2.24, 2.45) is 0 Å². The molecule has 0 unspecified atom stereocenters. The van der Waals surface area contributed by atoms with Crippen molar-refractivity contribution in [1.29, 1.82) is 0 Å². The van der Waals surface area contributed by atoms with Gasteiger partial charge in [0.2, 0.25) is 5.88 Å². The number of hydrogen-bond acceptors (Lipinski definition) is 3. The molecule has 0 amide bonds. The van der Waals surface area contributed by atoms with E-state index in [4.69, 9.17) is 4.74 Å².